The molecule has 2 aromatic carbocycles. The van der Waals surface area contributed by atoms with Gasteiger partial charge in [-0.25, -0.2) is 21.6 Å². The summed E-state index contributed by atoms with van der Waals surface area (Å²) < 4.78 is 79.3. The Kier molecular flexibility index (Phi) is 7.27. The van der Waals surface area contributed by atoms with Gasteiger partial charge >= 0.3 is 0 Å². The van der Waals surface area contributed by atoms with Crippen molar-refractivity contribution in [2.24, 2.45) is 0 Å². The lowest BCUT2D eigenvalue weighted by molar-refractivity contribution is -0.141. The van der Waals surface area contributed by atoms with Crippen LogP contribution >= 0.6 is 11.6 Å². The first-order chi connectivity index (χ1) is 17.8. The molecule has 0 aromatic heterocycles. The maximum Gasteiger partial charge on any atom is 0.255 e. The Morgan fingerprint density at radius 3 is 2.32 bits per heavy atom. The number of hydrogen-bond acceptors (Lipinski definition) is 6. The van der Waals surface area contributed by atoms with Crippen molar-refractivity contribution in [3.8, 4) is 0 Å². The van der Waals surface area contributed by atoms with Crippen LogP contribution in [0.4, 0.5) is 18.9 Å². The van der Waals surface area contributed by atoms with E-state index in [9.17, 15) is 26.4 Å². The van der Waals surface area contributed by atoms with E-state index < -0.39 is 44.2 Å². The summed E-state index contributed by atoms with van der Waals surface area (Å²) in [5.41, 5.74) is -0.380. The standard InChI is InChI=1S/C26H28ClF3N2O5S/c1-26(2)36-13-18(37-26)12-32-16-4-5-17(32)11-19(10-16)38(34,35)23-7-14(3-6-20(23)27)25(33)31-15-8-21(28)24(30)22(29)9-15/h3,6-9,16-19H,4-5,10-13H2,1-2H3,(H,31,33)/t16-,17?,18-,19?/m0/s1. The second-order valence-electron chi connectivity index (χ2n) is 10.5. The van der Waals surface area contributed by atoms with Gasteiger partial charge in [0, 0.05) is 42.0 Å². The van der Waals surface area contributed by atoms with Crippen LogP contribution in [-0.4, -0.2) is 61.6 Å². The highest BCUT2D eigenvalue weighted by molar-refractivity contribution is 7.92. The fourth-order valence-electron chi connectivity index (χ4n) is 5.74. The van der Waals surface area contributed by atoms with Gasteiger partial charge in [-0.2, -0.15) is 0 Å². The summed E-state index contributed by atoms with van der Waals surface area (Å²) in [5.74, 6) is -6.03. The first-order valence-corrected chi connectivity index (χ1v) is 14.3. The molecule has 0 aliphatic carbocycles. The maximum absolute atomic E-state index is 13.7. The minimum absolute atomic E-state index is 0.0195. The predicted octanol–water partition coefficient (Wildman–Crippen LogP) is 4.93. The highest BCUT2D eigenvalue weighted by Gasteiger charge is 2.47. The van der Waals surface area contributed by atoms with E-state index in [4.69, 9.17) is 21.1 Å². The van der Waals surface area contributed by atoms with E-state index >= 15 is 0 Å². The van der Waals surface area contributed by atoms with Crippen molar-refractivity contribution in [3.05, 3.63) is 58.4 Å². The van der Waals surface area contributed by atoms with E-state index in [2.05, 4.69) is 10.2 Å². The number of hydrogen-bond donors (Lipinski definition) is 1. The molecule has 2 bridgehead atoms. The molecule has 3 fully saturated rings. The molecule has 3 heterocycles. The Morgan fingerprint density at radius 2 is 1.74 bits per heavy atom. The Labute approximate surface area is 224 Å². The van der Waals surface area contributed by atoms with Crippen molar-refractivity contribution >= 4 is 33.0 Å². The molecule has 12 heteroatoms. The Morgan fingerprint density at radius 1 is 1.11 bits per heavy atom. The fraction of sp³-hybridized carbons (Fsp3) is 0.500. The third-order valence-corrected chi connectivity index (χ3v) is 10.2. The van der Waals surface area contributed by atoms with Crippen molar-refractivity contribution in [1.82, 2.24) is 4.90 Å². The van der Waals surface area contributed by atoms with E-state index in [0.717, 1.165) is 12.8 Å². The maximum atomic E-state index is 13.7. The summed E-state index contributed by atoms with van der Waals surface area (Å²) in [4.78, 5) is 14.9. The summed E-state index contributed by atoms with van der Waals surface area (Å²) in [5, 5.41) is 1.57. The van der Waals surface area contributed by atoms with E-state index in [1.54, 1.807) is 0 Å². The van der Waals surface area contributed by atoms with Crippen LogP contribution in [-0.2, 0) is 19.3 Å². The van der Waals surface area contributed by atoms with Crippen molar-refractivity contribution in [3.63, 3.8) is 0 Å². The first kappa shape index (κ1) is 27.4. The highest BCUT2D eigenvalue weighted by atomic mass is 35.5. The minimum Gasteiger partial charge on any atom is -0.348 e. The number of anilines is 1. The van der Waals surface area contributed by atoms with E-state index in [1.165, 1.54) is 18.2 Å². The molecule has 1 N–H and O–H groups in total. The molecule has 7 nitrogen and oxygen atoms in total. The van der Waals surface area contributed by atoms with Crippen molar-refractivity contribution in [1.29, 1.82) is 0 Å². The molecule has 2 unspecified atom stereocenters. The van der Waals surface area contributed by atoms with Crippen molar-refractivity contribution in [2.45, 2.75) is 73.7 Å². The Bertz CT molecular complexity index is 1340. The van der Waals surface area contributed by atoms with Crippen molar-refractivity contribution < 1.29 is 35.9 Å². The third kappa shape index (κ3) is 5.31. The number of nitrogens with zero attached hydrogens (tertiary/aromatic N) is 1. The zero-order valence-electron chi connectivity index (χ0n) is 20.8. The number of nitrogens with one attached hydrogen (secondary N) is 1. The smallest absolute Gasteiger partial charge is 0.255 e. The SMILES string of the molecule is CC1(C)OC[C@H](CN2C3CC[C@H]2CC(S(=O)(=O)c2cc(C(=O)Nc4cc(F)c(F)c(F)c4)ccc2Cl)C3)O1. The molecule has 2 aromatic rings. The summed E-state index contributed by atoms with van der Waals surface area (Å²) >= 11 is 6.29. The van der Waals surface area contributed by atoms with Gasteiger partial charge in [0.15, 0.2) is 33.1 Å². The van der Waals surface area contributed by atoms with Crippen LogP contribution in [0.15, 0.2) is 35.2 Å². The largest absolute Gasteiger partial charge is 0.348 e. The van der Waals surface area contributed by atoms with Crippen molar-refractivity contribution in [2.75, 3.05) is 18.5 Å². The minimum atomic E-state index is -3.90. The molecule has 4 atom stereocenters. The fourth-order valence-corrected chi connectivity index (χ4v) is 8.12. The van der Waals surface area contributed by atoms with E-state index in [-0.39, 0.29) is 39.4 Å². The van der Waals surface area contributed by atoms with Gasteiger partial charge in [0.25, 0.3) is 5.91 Å². The molecule has 3 aliphatic heterocycles. The number of piperidine rings is 1. The van der Waals surface area contributed by atoms with Crippen LogP contribution in [0, 0.1) is 17.5 Å². The highest BCUT2D eigenvalue weighted by Crippen LogP contribution is 2.41. The van der Waals surface area contributed by atoms with Crippen LogP contribution in [0.25, 0.3) is 0 Å². The average molecular weight is 573 g/mol. The second kappa shape index (κ2) is 10.1. The molecule has 0 saturated carbocycles. The lowest BCUT2D eigenvalue weighted by atomic mass is 10.0. The summed E-state index contributed by atoms with van der Waals surface area (Å²) in [7, 11) is -3.90. The zero-order valence-corrected chi connectivity index (χ0v) is 22.4. The molecule has 0 radical (unpaired) electrons. The Balaban J connectivity index is 1.32. The monoisotopic (exact) mass is 572 g/mol. The number of halogens is 4. The molecule has 3 aliphatic rings. The molecule has 38 heavy (non-hydrogen) atoms. The quantitative estimate of drug-likeness (QED) is 0.494. The molecule has 1 amide bonds. The van der Waals surface area contributed by atoms with Gasteiger partial charge in [0.05, 0.1) is 27.9 Å². The molecular formula is C26H28ClF3N2O5S. The molecule has 206 valence electrons. The first-order valence-electron chi connectivity index (χ1n) is 12.4. The van der Waals surface area contributed by atoms with Crippen LogP contribution in [0.1, 0.15) is 49.9 Å². The van der Waals surface area contributed by atoms with E-state index in [1.807, 2.05) is 13.8 Å². The molecule has 0 spiro atoms. The topological polar surface area (TPSA) is 84.9 Å². The zero-order chi connectivity index (χ0) is 27.4. The number of amides is 1. The van der Waals surface area contributed by atoms with Crippen LogP contribution in [0.5, 0.6) is 0 Å². The summed E-state index contributed by atoms with van der Waals surface area (Å²) in [6.07, 6.45) is 2.55. The Hall–Kier alpha value is -2.18. The van der Waals surface area contributed by atoms with Gasteiger partial charge in [-0.15, -0.1) is 0 Å². The number of rotatable bonds is 6. The van der Waals surface area contributed by atoms with Gasteiger partial charge in [-0.05, 0) is 57.7 Å². The second-order valence-corrected chi connectivity index (χ2v) is 13.1. The van der Waals surface area contributed by atoms with E-state index in [0.29, 0.717) is 38.1 Å². The van der Waals surface area contributed by atoms with Crippen LogP contribution in [0.2, 0.25) is 5.02 Å². The lowest BCUT2D eigenvalue weighted by Gasteiger charge is -2.39. The van der Waals surface area contributed by atoms with Gasteiger partial charge < -0.3 is 14.8 Å². The van der Waals surface area contributed by atoms with Gasteiger partial charge in [-0.3, -0.25) is 9.69 Å². The third-order valence-electron chi connectivity index (χ3n) is 7.50. The molecule has 5 rings (SSSR count). The number of benzene rings is 2. The molecular weight excluding hydrogens is 545 g/mol. The number of carbonyl (C=O) groups is 1. The van der Waals surface area contributed by atoms with Crippen LogP contribution in [0.3, 0.4) is 0 Å². The van der Waals surface area contributed by atoms with Gasteiger partial charge in [0.1, 0.15) is 0 Å². The lowest BCUT2D eigenvalue weighted by Crippen LogP contribution is -2.50. The summed E-state index contributed by atoms with van der Waals surface area (Å²) in [6, 6.07) is 5.21. The van der Waals surface area contributed by atoms with Gasteiger partial charge in [0.2, 0.25) is 0 Å². The predicted molar refractivity (Wildman–Crippen MR) is 134 cm³/mol. The number of carbonyl (C=O) groups excluding carboxylic acids is 1. The van der Waals surface area contributed by atoms with Crippen LogP contribution < -0.4 is 5.32 Å². The number of sulfone groups is 1. The average Bonchev–Trinajstić information content (AvgIpc) is 3.29. The summed E-state index contributed by atoms with van der Waals surface area (Å²) in [6.45, 7) is 4.91. The number of ether oxygens (including phenoxy) is 2. The normalized spacial score (nSPS) is 27.0. The molecule has 3 saturated heterocycles. The number of fused-ring (bicyclic) bond motifs is 2. The van der Waals surface area contributed by atoms with Gasteiger partial charge in [-0.1, -0.05) is 11.6 Å².